The SMILES string of the molecule is COC(=O)c1c(-c2ccccc2Cl)noc1C1CC1. The average Bonchev–Trinajstić information content (AvgIpc) is 3.18. The maximum Gasteiger partial charge on any atom is 0.343 e. The molecule has 0 atom stereocenters. The lowest BCUT2D eigenvalue weighted by Gasteiger charge is -2.03. The lowest BCUT2D eigenvalue weighted by Crippen LogP contribution is -2.04. The molecule has 5 heteroatoms. The van der Waals surface area contributed by atoms with E-state index < -0.39 is 5.97 Å². The molecule has 0 amide bonds. The normalized spacial score (nSPS) is 14.4. The van der Waals surface area contributed by atoms with E-state index in [0.717, 1.165) is 12.8 Å². The standard InChI is InChI=1S/C14H12ClNO3/c1-18-14(17)11-12(9-4-2-3-5-10(9)15)16-19-13(11)8-6-7-8/h2-5,8H,6-7H2,1H3. The van der Waals surface area contributed by atoms with E-state index in [1.165, 1.54) is 7.11 Å². The fourth-order valence-electron chi connectivity index (χ4n) is 2.06. The van der Waals surface area contributed by atoms with Gasteiger partial charge in [0.25, 0.3) is 0 Å². The maximum atomic E-state index is 12.0. The topological polar surface area (TPSA) is 52.3 Å². The fourth-order valence-corrected chi connectivity index (χ4v) is 2.29. The molecule has 1 aliphatic rings. The number of benzene rings is 1. The molecule has 19 heavy (non-hydrogen) atoms. The minimum Gasteiger partial charge on any atom is -0.465 e. The summed E-state index contributed by atoms with van der Waals surface area (Å²) in [6, 6.07) is 7.23. The molecule has 1 saturated carbocycles. The third-order valence-corrected chi connectivity index (χ3v) is 3.51. The molecule has 0 saturated heterocycles. The van der Waals surface area contributed by atoms with Crippen molar-refractivity contribution in [3.63, 3.8) is 0 Å². The summed E-state index contributed by atoms with van der Waals surface area (Å²) in [6.45, 7) is 0. The number of carbonyl (C=O) groups is 1. The lowest BCUT2D eigenvalue weighted by molar-refractivity contribution is 0.0599. The van der Waals surface area contributed by atoms with Gasteiger partial charge in [0.1, 0.15) is 11.3 Å². The van der Waals surface area contributed by atoms with Crippen LogP contribution in [0.2, 0.25) is 5.02 Å². The average molecular weight is 278 g/mol. The van der Waals surface area contributed by atoms with Gasteiger partial charge in [-0.2, -0.15) is 0 Å². The number of hydrogen-bond acceptors (Lipinski definition) is 4. The van der Waals surface area contributed by atoms with Gasteiger partial charge in [-0.15, -0.1) is 0 Å². The molecule has 0 radical (unpaired) electrons. The number of halogens is 1. The minimum atomic E-state index is -0.432. The Labute approximate surface area is 115 Å². The molecule has 4 nitrogen and oxygen atoms in total. The maximum absolute atomic E-state index is 12.0. The molecule has 0 spiro atoms. The summed E-state index contributed by atoms with van der Waals surface area (Å²) in [5.74, 6) is 0.456. The largest absolute Gasteiger partial charge is 0.465 e. The van der Waals surface area contributed by atoms with Crippen molar-refractivity contribution in [2.45, 2.75) is 18.8 Å². The first-order chi connectivity index (χ1) is 9.22. The van der Waals surface area contributed by atoms with Gasteiger partial charge in [0.05, 0.1) is 12.1 Å². The molecule has 0 bridgehead atoms. The van der Waals surface area contributed by atoms with Crippen molar-refractivity contribution in [1.29, 1.82) is 0 Å². The second-order valence-corrected chi connectivity index (χ2v) is 4.92. The van der Waals surface area contributed by atoms with Gasteiger partial charge in [0.2, 0.25) is 0 Å². The highest BCUT2D eigenvalue weighted by Gasteiger charge is 2.36. The third kappa shape index (κ3) is 2.12. The van der Waals surface area contributed by atoms with Gasteiger partial charge in [-0.1, -0.05) is 35.0 Å². The van der Waals surface area contributed by atoms with Crippen LogP contribution in [0.5, 0.6) is 0 Å². The number of nitrogens with zero attached hydrogens (tertiary/aromatic N) is 1. The number of hydrogen-bond donors (Lipinski definition) is 0. The first kappa shape index (κ1) is 12.2. The van der Waals surface area contributed by atoms with Crippen molar-refractivity contribution in [1.82, 2.24) is 5.16 Å². The monoisotopic (exact) mass is 277 g/mol. The van der Waals surface area contributed by atoms with Crippen LogP contribution in [0.15, 0.2) is 28.8 Å². The van der Waals surface area contributed by atoms with Gasteiger partial charge in [-0.25, -0.2) is 4.79 Å². The number of methoxy groups -OCH3 is 1. The van der Waals surface area contributed by atoms with Crippen LogP contribution in [0, 0.1) is 0 Å². The Kier molecular flexibility index (Phi) is 3.03. The quantitative estimate of drug-likeness (QED) is 0.804. The minimum absolute atomic E-state index is 0.276. The zero-order valence-electron chi connectivity index (χ0n) is 10.4. The summed E-state index contributed by atoms with van der Waals surface area (Å²) in [5, 5.41) is 4.55. The van der Waals surface area contributed by atoms with Crippen molar-refractivity contribution in [3.8, 4) is 11.3 Å². The highest BCUT2D eigenvalue weighted by Crippen LogP contribution is 2.44. The molecule has 2 aromatic rings. The molecule has 1 aromatic carbocycles. The molecule has 0 aliphatic heterocycles. The van der Waals surface area contributed by atoms with Crippen molar-refractivity contribution >= 4 is 17.6 Å². The van der Waals surface area contributed by atoms with E-state index >= 15 is 0 Å². The number of aromatic nitrogens is 1. The Morgan fingerprint density at radius 2 is 2.16 bits per heavy atom. The number of esters is 1. The highest BCUT2D eigenvalue weighted by molar-refractivity contribution is 6.33. The first-order valence-corrected chi connectivity index (χ1v) is 6.43. The van der Waals surface area contributed by atoms with Crippen molar-refractivity contribution < 1.29 is 14.1 Å². The fraction of sp³-hybridized carbons (Fsp3) is 0.286. The van der Waals surface area contributed by atoms with Crippen LogP contribution < -0.4 is 0 Å². The third-order valence-electron chi connectivity index (χ3n) is 3.19. The summed E-state index contributed by atoms with van der Waals surface area (Å²) in [5.41, 5.74) is 1.54. The van der Waals surface area contributed by atoms with Crippen molar-refractivity contribution in [2.24, 2.45) is 0 Å². The summed E-state index contributed by atoms with van der Waals surface area (Å²) in [7, 11) is 1.35. The van der Waals surface area contributed by atoms with Crippen LogP contribution in [0.3, 0.4) is 0 Å². The molecule has 1 fully saturated rings. The van der Waals surface area contributed by atoms with Crippen molar-refractivity contribution in [3.05, 3.63) is 40.6 Å². The van der Waals surface area contributed by atoms with Gasteiger partial charge in [0, 0.05) is 11.5 Å². The second-order valence-electron chi connectivity index (χ2n) is 4.52. The van der Waals surface area contributed by atoms with E-state index in [-0.39, 0.29) is 5.92 Å². The molecule has 1 aliphatic carbocycles. The number of ether oxygens (including phenoxy) is 1. The summed E-state index contributed by atoms with van der Waals surface area (Å²) < 4.78 is 10.2. The lowest BCUT2D eigenvalue weighted by atomic mass is 10.0. The molecule has 0 N–H and O–H groups in total. The van der Waals surface area contributed by atoms with E-state index in [2.05, 4.69) is 5.16 Å². The van der Waals surface area contributed by atoms with E-state index in [1.54, 1.807) is 6.07 Å². The van der Waals surface area contributed by atoms with Gasteiger partial charge < -0.3 is 9.26 Å². The van der Waals surface area contributed by atoms with E-state index in [4.69, 9.17) is 20.9 Å². The van der Waals surface area contributed by atoms with Crippen LogP contribution >= 0.6 is 11.6 Å². The zero-order valence-corrected chi connectivity index (χ0v) is 11.1. The molecule has 0 unspecified atom stereocenters. The summed E-state index contributed by atoms with van der Waals surface area (Å²) in [4.78, 5) is 12.0. The van der Waals surface area contributed by atoms with Gasteiger partial charge >= 0.3 is 5.97 Å². The van der Waals surface area contributed by atoms with E-state index in [1.807, 2.05) is 18.2 Å². The molecular weight excluding hydrogens is 266 g/mol. The zero-order chi connectivity index (χ0) is 13.4. The number of carbonyl (C=O) groups excluding carboxylic acids is 1. The summed E-state index contributed by atoms with van der Waals surface area (Å²) >= 11 is 6.15. The van der Waals surface area contributed by atoms with E-state index in [9.17, 15) is 4.79 Å². The Morgan fingerprint density at radius 3 is 2.79 bits per heavy atom. The van der Waals surface area contributed by atoms with Crippen LogP contribution in [-0.4, -0.2) is 18.2 Å². The summed E-state index contributed by atoms with van der Waals surface area (Å²) in [6.07, 6.45) is 2.03. The van der Waals surface area contributed by atoms with Crippen LogP contribution in [0.4, 0.5) is 0 Å². The van der Waals surface area contributed by atoms with Crippen LogP contribution in [0.1, 0.15) is 34.9 Å². The predicted octanol–water partition coefficient (Wildman–Crippen LogP) is 3.66. The van der Waals surface area contributed by atoms with Crippen LogP contribution in [0.25, 0.3) is 11.3 Å². The number of rotatable bonds is 3. The van der Waals surface area contributed by atoms with E-state index in [0.29, 0.717) is 27.6 Å². The molecule has 98 valence electrons. The Morgan fingerprint density at radius 1 is 1.42 bits per heavy atom. The first-order valence-electron chi connectivity index (χ1n) is 6.05. The van der Waals surface area contributed by atoms with Crippen molar-refractivity contribution in [2.75, 3.05) is 7.11 Å². The highest BCUT2D eigenvalue weighted by atomic mass is 35.5. The van der Waals surface area contributed by atoms with Crippen LogP contribution in [-0.2, 0) is 4.74 Å². The Balaban J connectivity index is 2.16. The van der Waals surface area contributed by atoms with Gasteiger partial charge in [-0.3, -0.25) is 0 Å². The van der Waals surface area contributed by atoms with Gasteiger partial charge in [0.15, 0.2) is 5.76 Å². The molecule has 1 heterocycles. The Bertz CT molecular complexity index is 631. The Hall–Kier alpha value is -1.81. The predicted molar refractivity (Wildman–Crippen MR) is 70.3 cm³/mol. The smallest absolute Gasteiger partial charge is 0.343 e. The molecular formula is C14H12ClNO3. The second kappa shape index (κ2) is 4.70. The van der Waals surface area contributed by atoms with Gasteiger partial charge in [-0.05, 0) is 18.9 Å². The molecule has 1 aromatic heterocycles. The molecule has 3 rings (SSSR count).